The first-order valence-corrected chi connectivity index (χ1v) is 7.65. The third-order valence-electron chi connectivity index (χ3n) is 3.80. The summed E-state index contributed by atoms with van der Waals surface area (Å²) in [4.78, 5) is 0. The molecule has 1 unspecified atom stereocenters. The van der Waals surface area contributed by atoms with Gasteiger partial charge in [-0.25, -0.2) is 0 Å². The van der Waals surface area contributed by atoms with Gasteiger partial charge in [0.15, 0.2) is 0 Å². The first kappa shape index (κ1) is 14.8. The molecule has 1 aliphatic rings. The van der Waals surface area contributed by atoms with Gasteiger partial charge >= 0.3 is 0 Å². The van der Waals surface area contributed by atoms with Gasteiger partial charge in [-0.2, -0.15) is 0 Å². The average Bonchev–Trinajstić information content (AvgIpc) is 2.40. The Morgan fingerprint density at radius 3 is 3.00 bits per heavy atom. The van der Waals surface area contributed by atoms with Crippen molar-refractivity contribution >= 4 is 11.6 Å². The van der Waals surface area contributed by atoms with Gasteiger partial charge in [0.05, 0.1) is 6.61 Å². The van der Waals surface area contributed by atoms with Crippen molar-refractivity contribution in [3.8, 4) is 0 Å². The normalized spacial score (nSPS) is 23.5. The lowest BCUT2D eigenvalue weighted by atomic mass is 9.77. The Kier molecular flexibility index (Phi) is 5.68. The van der Waals surface area contributed by atoms with Crippen LogP contribution in [0.2, 0.25) is 5.02 Å². The molecule has 1 fully saturated rings. The van der Waals surface area contributed by atoms with Crippen LogP contribution < -0.4 is 5.32 Å². The van der Waals surface area contributed by atoms with Crippen LogP contribution in [0.15, 0.2) is 24.3 Å². The monoisotopic (exact) mass is 281 g/mol. The van der Waals surface area contributed by atoms with Crippen molar-refractivity contribution in [3.05, 3.63) is 34.9 Å². The number of nitrogens with one attached hydrogen (secondary N) is 1. The van der Waals surface area contributed by atoms with Crippen LogP contribution in [0.4, 0.5) is 0 Å². The molecule has 1 aliphatic heterocycles. The lowest BCUT2D eigenvalue weighted by Crippen LogP contribution is -2.43. The lowest BCUT2D eigenvalue weighted by Gasteiger charge is -2.37. The predicted octanol–water partition coefficient (Wildman–Crippen LogP) is 3.68. The van der Waals surface area contributed by atoms with Gasteiger partial charge in [0.2, 0.25) is 0 Å². The van der Waals surface area contributed by atoms with Crippen LogP contribution in [-0.2, 0) is 11.2 Å². The van der Waals surface area contributed by atoms with Crippen molar-refractivity contribution in [1.29, 1.82) is 0 Å². The molecule has 19 heavy (non-hydrogen) atoms. The van der Waals surface area contributed by atoms with Gasteiger partial charge in [-0.3, -0.25) is 0 Å². The van der Waals surface area contributed by atoms with Crippen LogP contribution in [0, 0.1) is 5.41 Å². The molecule has 0 radical (unpaired) electrons. The van der Waals surface area contributed by atoms with Crippen molar-refractivity contribution in [2.75, 3.05) is 26.3 Å². The number of rotatable bonds is 6. The molecule has 1 aromatic rings. The van der Waals surface area contributed by atoms with Crippen molar-refractivity contribution in [2.45, 2.75) is 32.6 Å². The lowest BCUT2D eigenvalue weighted by molar-refractivity contribution is -0.00706. The van der Waals surface area contributed by atoms with Gasteiger partial charge in [0.25, 0.3) is 0 Å². The second-order valence-electron chi connectivity index (χ2n) is 5.64. The van der Waals surface area contributed by atoms with E-state index in [-0.39, 0.29) is 5.41 Å². The van der Waals surface area contributed by atoms with Gasteiger partial charge < -0.3 is 10.1 Å². The second kappa shape index (κ2) is 7.28. The number of hydrogen-bond acceptors (Lipinski definition) is 2. The largest absolute Gasteiger partial charge is 0.381 e. The fraction of sp³-hybridized carbons (Fsp3) is 0.625. The van der Waals surface area contributed by atoms with E-state index in [0.717, 1.165) is 44.2 Å². The van der Waals surface area contributed by atoms with Crippen LogP contribution in [0.25, 0.3) is 0 Å². The number of halogens is 1. The van der Waals surface area contributed by atoms with Crippen molar-refractivity contribution in [3.63, 3.8) is 0 Å². The molecule has 0 aliphatic carbocycles. The minimum atomic E-state index is 0.234. The summed E-state index contributed by atoms with van der Waals surface area (Å²) in [6, 6.07) is 8.22. The molecule has 2 rings (SSSR count). The van der Waals surface area contributed by atoms with Gasteiger partial charge in [-0.1, -0.05) is 30.7 Å². The Balaban J connectivity index is 2.04. The van der Waals surface area contributed by atoms with Crippen molar-refractivity contribution in [2.24, 2.45) is 5.41 Å². The summed E-state index contributed by atoms with van der Waals surface area (Å²) in [5.74, 6) is 0. The molecule has 1 heterocycles. The maximum Gasteiger partial charge on any atom is 0.0537 e. The van der Waals surface area contributed by atoms with E-state index >= 15 is 0 Å². The fourth-order valence-corrected chi connectivity index (χ4v) is 3.07. The number of benzene rings is 1. The highest BCUT2D eigenvalue weighted by atomic mass is 35.5. The molecule has 1 atom stereocenters. The van der Waals surface area contributed by atoms with Gasteiger partial charge in [0, 0.05) is 23.6 Å². The number of hydrogen-bond donors (Lipinski definition) is 1. The van der Waals surface area contributed by atoms with Crippen molar-refractivity contribution < 1.29 is 4.74 Å². The van der Waals surface area contributed by atoms with Crippen LogP contribution in [-0.4, -0.2) is 26.3 Å². The van der Waals surface area contributed by atoms with E-state index < -0.39 is 0 Å². The Morgan fingerprint density at radius 1 is 1.42 bits per heavy atom. The molecule has 1 saturated heterocycles. The summed E-state index contributed by atoms with van der Waals surface area (Å²) in [5, 5.41) is 4.39. The third-order valence-corrected chi connectivity index (χ3v) is 4.03. The highest BCUT2D eigenvalue weighted by Crippen LogP contribution is 2.32. The van der Waals surface area contributed by atoms with E-state index in [1.165, 1.54) is 18.4 Å². The van der Waals surface area contributed by atoms with Crippen LogP contribution in [0.3, 0.4) is 0 Å². The zero-order chi connectivity index (χ0) is 13.6. The van der Waals surface area contributed by atoms with E-state index in [4.69, 9.17) is 16.3 Å². The topological polar surface area (TPSA) is 21.3 Å². The quantitative estimate of drug-likeness (QED) is 0.803. The minimum absolute atomic E-state index is 0.234. The minimum Gasteiger partial charge on any atom is -0.381 e. The fourth-order valence-electron chi connectivity index (χ4n) is 2.86. The Labute approximate surface area is 121 Å². The first-order valence-electron chi connectivity index (χ1n) is 7.27. The smallest absolute Gasteiger partial charge is 0.0537 e. The summed E-state index contributed by atoms with van der Waals surface area (Å²) in [5.41, 5.74) is 1.55. The van der Waals surface area contributed by atoms with E-state index in [1.54, 1.807) is 0 Å². The van der Waals surface area contributed by atoms with E-state index in [2.05, 4.69) is 24.4 Å². The SMILES string of the molecule is CCCNCC1(Cc2cccc(Cl)c2)CCCOC1. The highest BCUT2D eigenvalue weighted by Gasteiger charge is 2.32. The predicted molar refractivity (Wildman–Crippen MR) is 80.8 cm³/mol. The summed E-state index contributed by atoms with van der Waals surface area (Å²) in [6.45, 7) is 6.08. The number of ether oxygens (including phenoxy) is 1. The average molecular weight is 282 g/mol. The molecule has 0 spiro atoms. The summed E-state index contributed by atoms with van der Waals surface area (Å²) in [6.07, 6.45) is 4.61. The molecule has 1 N–H and O–H groups in total. The molecule has 0 saturated carbocycles. The Morgan fingerprint density at radius 2 is 2.32 bits per heavy atom. The van der Waals surface area contributed by atoms with Crippen LogP contribution >= 0.6 is 11.6 Å². The molecule has 3 heteroatoms. The maximum atomic E-state index is 6.09. The van der Waals surface area contributed by atoms with Gasteiger partial charge in [-0.05, 0) is 49.9 Å². The molecule has 0 amide bonds. The summed E-state index contributed by atoms with van der Waals surface area (Å²) < 4.78 is 5.75. The zero-order valence-electron chi connectivity index (χ0n) is 11.8. The Bertz CT molecular complexity index is 388. The standard InChI is InChI=1S/C16H24ClNO/c1-2-8-18-12-16(7-4-9-19-13-16)11-14-5-3-6-15(17)10-14/h3,5-6,10,18H,2,4,7-9,11-13H2,1H3. The molecule has 0 aromatic heterocycles. The van der Waals surface area contributed by atoms with E-state index in [1.807, 2.05) is 12.1 Å². The summed E-state index contributed by atoms with van der Waals surface area (Å²) >= 11 is 6.09. The van der Waals surface area contributed by atoms with E-state index in [9.17, 15) is 0 Å². The second-order valence-corrected chi connectivity index (χ2v) is 6.08. The van der Waals surface area contributed by atoms with Crippen LogP contribution in [0.1, 0.15) is 31.7 Å². The molecule has 106 valence electrons. The van der Waals surface area contributed by atoms with Crippen molar-refractivity contribution in [1.82, 2.24) is 5.32 Å². The van der Waals surface area contributed by atoms with E-state index in [0.29, 0.717) is 0 Å². The highest BCUT2D eigenvalue weighted by molar-refractivity contribution is 6.30. The maximum absolute atomic E-state index is 6.09. The molecule has 0 bridgehead atoms. The van der Waals surface area contributed by atoms with Gasteiger partial charge in [0.1, 0.15) is 0 Å². The van der Waals surface area contributed by atoms with Gasteiger partial charge in [-0.15, -0.1) is 0 Å². The first-order chi connectivity index (χ1) is 9.24. The zero-order valence-corrected chi connectivity index (χ0v) is 12.5. The molecule has 1 aromatic carbocycles. The molecular weight excluding hydrogens is 258 g/mol. The molecule has 2 nitrogen and oxygen atoms in total. The van der Waals surface area contributed by atoms with Crippen LogP contribution in [0.5, 0.6) is 0 Å². The summed E-state index contributed by atoms with van der Waals surface area (Å²) in [7, 11) is 0. The Hall–Kier alpha value is -0.570. The third kappa shape index (κ3) is 4.48. The molecular formula is C16H24ClNO.